The molecule has 15 heavy (non-hydrogen) atoms. The molecule has 0 radical (unpaired) electrons. The quantitative estimate of drug-likeness (QED) is 0.566. The molecular weight excluding hydrogens is 186 g/mol. The molecule has 0 aliphatic rings. The second-order valence-electron chi connectivity index (χ2n) is 2.76. The van der Waals surface area contributed by atoms with E-state index in [1.165, 1.54) is 6.21 Å². The maximum atomic E-state index is 7.20. The van der Waals surface area contributed by atoms with E-state index in [1.807, 2.05) is 18.2 Å². The molecule has 0 fully saturated rings. The second-order valence-corrected chi connectivity index (χ2v) is 2.76. The van der Waals surface area contributed by atoms with E-state index in [0.717, 1.165) is 5.70 Å². The highest BCUT2D eigenvalue weighted by molar-refractivity contribution is 5.82. The fourth-order valence-corrected chi connectivity index (χ4v) is 1.06. The molecule has 0 amide bonds. The summed E-state index contributed by atoms with van der Waals surface area (Å²) in [4.78, 5) is 4.12. The minimum Gasteiger partial charge on any atom is -0.340 e. The van der Waals surface area contributed by atoms with Gasteiger partial charge >= 0.3 is 0 Å². The summed E-state index contributed by atoms with van der Waals surface area (Å²) in [5, 5.41) is 10.3. The lowest BCUT2D eigenvalue weighted by Gasteiger charge is -2.07. The molecule has 0 aromatic carbocycles. The maximum absolute atomic E-state index is 7.20. The highest BCUT2D eigenvalue weighted by Crippen LogP contribution is 2.09. The lowest BCUT2D eigenvalue weighted by atomic mass is 10.2. The Bertz CT molecular complexity index is 381. The van der Waals surface area contributed by atoms with Crippen LogP contribution in [0.15, 0.2) is 61.0 Å². The number of pyridine rings is 1. The highest BCUT2D eigenvalue weighted by Gasteiger charge is 1.98. The molecule has 0 atom stereocenters. The van der Waals surface area contributed by atoms with Crippen molar-refractivity contribution in [1.29, 1.82) is 5.41 Å². The average Bonchev–Trinajstić information content (AvgIpc) is 2.30. The molecular formula is C12H13N3. The van der Waals surface area contributed by atoms with E-state index in [1.54, 1.807) is 18.3 Å². The van der Waals surface area contributed by atoms with Crippen molar-refractivity contribution in [1.82, 2.24) is 4.98 Å². The number of hydrogen-bond donors (Lipinski definition) is 2. The van der Waals surface area contributed by atoms with E-state index < -0.39 is 0 Å². The lowest BCUT2D eigenvalue weighted by Crippen LogP contribution is -2.02. The maximum Gasteiger partial charge on any atom is 0.130 e. The third kappa shape index (κ3) is 2.91. The number of rotatable bonds is 5. The molecule has 0 spiro atoms. The monoisotopic (exact) mass is 199 g/mol. The van der Waals surface area contributed by atoms with Crippen LogP contribution in [-0.4, -0.2) is 11.2 Å². The summed E-state index contributed by atoms with van der Waals surface area (Å²) < 4.78 is 0. The first kappa shape index (κ1) is 10.9. The summed E-state index contributed by atoms with van der Waals surface area (Å²) in [5.41, 5.74) is 1.40. The van der Waals surface area contributed by atoms with Crippen LogP contribution in [-0.2, 0) is 0 Å². The van der Waals surface area contributed by atoms with Crippen LogP contribution in [0, 0.1) is 5.41 Å². The number of allylic oxidation sites excluding steroid dienone is 3. The molecule has 1 aromatic rings. The third-order valence-corrected chi connectivity index (χ3v) is 1.82. The number of aromatic nitrogens is 1. The Morgan fingerprint density at radius 3 is 2.60 bits per heavy atom. The van der Waals surface area contributed by atoms with E-state index in [9.17, 15) is 0 Å². The van der Waals surface area contributed by atoms with Gasteiger partial charge in [0.1, 0.15) is 5.82 Å². The van der Waals surface area contributed by atoms with Gasteiger partial charge in [-0.15, -0.1) is 0 Å². The van der Waals surface area contributed by atoms with Gasteiger partial charge in [-0.3, -0.25) is 0 Å². The van der Waals surface area contributed by atoms with Crippen LogP contribution >= 0.6 is 0 Å². The zero-order valence-electron chi connectivity index (χ0n) is 8.40. The predicted molar refractivity (Wildman–Crippen MR) is 64.1 cm³/mol. The van der Waals surface area contributed by atoms with Gasteiger partial charge in [0.05, 0.1) is 0 Å². The molecule has 3 heteroatoms. The fraction of sp³-hybridized carbons (Fsp3) is 0. The van der Waals surface area contributed by atoms with Crippen molar-refractivity contribution in [3.05, 3.63) is 61.0 Å². The van der Waals surface area contributed by atoms with Crippen molar-refractivity contribution in [2.24, 2.45) is 0 Å². The molecule has 0 saturated carbocycles. The minimum absolute atomic E-state index is 0.677. The Balaban J connectivity index is 2.96. The van der Waals surface area contributed by atoms with Gasteiger partial charge in [0.25, 0.3) is 0 Å². The molecule has 0 aliphatic carbocycles. The van der Waals surface area contributed by atoms with E-state index in [0.29, 0.717) is 11.4 Å². The van der Waals surface area contributed by atoms with E-state index in [2.05, 4.69) is 23.5 Å². The van der Waals surface area contributed by atoms with Gasteiger partial charge in [-0.1, -0.05) is 25.3 Å². The molecule has 1 heterocycles. The molecule has 76 valence electrons. The molecule has 2 N–H and O–H groups in total. The zero-order valence-corrected chi connectivity index (χ0v) is 8.40. The molecule has 0 saturated heterocycles. The predicted octanol–water partition coefficient (Wildman–Crippen LogP) is 2.77. The first-order chi connectivity index (χ1) is 7.31. The summed E-state index contributed by atoms with van der Waals surface area (Å²) in [6, 6.07) is 5.57. The molecule has 1 rings (SSSR count). The summed E-state index contributed by atoms with van der Waals surface area (Å²) in [5.74, 6) is 0.716. The van der Waals surface area contributed by atoms with E-state index in [-0.39, 0.29) is 0 Å². The van der Waals surface area contributed by atoms with Crippen molar-refractivity contribution < 1.29 is 0 Å². The Hall–Kier alpha value is -2.16. The molecule has 0 aliphatic heterocycles. The normalized spacial score (nSPS) is 11.2. The van der Waals surface area contributed by atoms with Crippen LogP contribution < -0.4 is 5.32 Å². The first-order valence-electron chi connectivity index (χ1n) is 4.49. The van der Waals surface area contributed by atoms with Crippen LogP contribution in [0.3, 0.4) is 0 Å². The largest absolute Gasteiger partial charge is 0.340 e. The van der Waals surface area contributed by atoms with Crippen LogP contribution in [0.25, 0.3) is 0 Å². The van der Waals surface area contributed by atoms with Crippen molar-refractivity contribution in [2.45, 2.75) is 0 Å². The van der Waals surface area contributed by atoms with E-state index >= 15 is 0 Å². The SMILES string of the molecule is C=C/C(C=N)=C(\C=C)Nc1ccccn1. The Kier molecular flexibility index (Phi) is 4.04. The average molecular weight is 199 g/mol. The van der Waals surface area contributed by atoms with Crippen LogP contribution in [0.4, 0.5) is 5.82 Å². The van der Waals surface area contributed by atoms with Gasteiger partial charge in [0.2, 0.25) is 0 Å². The van der Waals surface area contributed by atoms with Crippen molar-refractivity contribution in [2.75, 3.05) is 5.32 Å². The molecule has 0 bridgehead atoms. The van der Waals surface area contributed by atoms with Gasteiger partial charge in [-0.25, -0.2) is 4.98 Å². The summed E-state index contributed by atoms with van der Waals surface area (Å²) in [6.45, 7) is 7.30. The van der Waals surface area contributed by atoms with Crippen LogP contribution in [0.2, 0.25) is 0 Å². The van der Waals surface area contributed by atoms with E-state index in [4.69, 9.17) is 5.41 Å². The lowest BCUT2D eigenvalue weighted by molar-refractivity contribution is 1.28. The number of nitrogens with zero attached hydrogens (tertiary/aromatic N) is 1. The number of hydrogen-bond acceptors (Lipinski definition) is 3. The highest BCUT2D eigenvalue weighted by atomic mass is 15.0. The van der Waals surface area contributed by atoms with Crippen LogP contribution in [0.1, 0.15) is 0 Å². The topological polar surface area (TPSA) is 48.8 Å². The second kappa shape index (κ2) is 5.54. The number of nitrogens with one attached hydrogen (secondary N) is 2. The Morgan fingerprint density at radius 1 is 1.33 bits per heavy atom. The van der Waals surface area contributed by atoms with Crippen molar-refractivity contribution in [3.8, 4) is 0 Å². The summed E-state index contributed by atoms with van der Waals surface area (Å²) >= 11 is 0. The van der Waals surface area contributed by atoms with Crippen molar-refractivity contribution >= 4 is 12.0 Å². The molecule has 0 unspecified atom stereocenters. The summed E-state index contributed by atoms with van der Waals surface area (Å²) in [6.07, 6.45) is 6.15. The van der Waals surface area contributed by atoms with Gasteiger partial charge in [0, 0.05) is 23.7 Å². The van der Waals surface area contributed by atoms with Gasteiger partial charge in [-0.05, 0) is 18.2 Å². The summed E-state index contributed by atoms with van der Waals surface area (Å²) in [7, 11) is 0. The standard InChI is InChI=1S/C12H13N3/c1-3-10(9-13)11(4-2)15-12-7-5-6-8-14-12/h3-9,13H,1-2H2,(H,14,15)/b11-10-,13-9?. The molecule has 1 aromatic heterocycles. The Labute approximate surface area is 89.4 Å². The van der Waals surface area contributed by atoms with Gasteiger partial charge < -0.3 is 10.7 Å². The van der Waals surface area contributed by atoms with Crippen LogP contribution in [0.5, 0.6) is 0 Å². The Morgan fingerprint density at radius 2 is 2.13 bits per heavy atom. The minimum atomic E-state index is 0.677. The van der Waals surface area contributed by atoms with Gasteiger partial charge in [0.15, 0.2) is 0 Å². The molecule has 3 nitrogen and oxygen atoms in total. The zero-order chi connectivity index (χ0) is 11.1. The number of anilines is 1. The fourth-order valence-electron chi connectivity index (χ4n) is 1.06. The first-order valence-corrected chi connectivity index (χ1v) is 4.49. The van der Waals surface area contributed by atoms with Gasteiger partial charge in [-0.2, -0.15) is 0 Å². The van der Waals surface area contributed by atoms with Crippen molar-refractivity contribution in [3.63, 3.8) is 0 Å². The third-order valence-electron chi connectivity index (χ3n) is 1.82. The smallest absolute Gasteiger partial charge is 0.130 e.